The highest BCUT2D eigenvalue weighted by Crippen LogP contribution is 2.26. The van der Waals surface area contributed by atoms with Crippen LogP contribution in [-0.4, -0.2) is 32.3 Å². The molecule has 2 N–H and O–H groups in total. The fourth-order valence-electron chi connectivity index (χ4n) is 3.51. The number of aryl methyl sites for hydroxylation is 2. The van der Waals surface area contributed by atoms with Crippen molar-refractivity contribution >= 4 is 52.5 Å². The molecule has 0 bridgehead atoms. The predicted molar refractivity (Wildman–Crippen MR) is 142 cm³/mol. The number of rotatable bonds is 9. The summed E-state index contributed by atoms with van der Waals surface area (Å²) < 4.78 is 1.81. The van der Waals surface area contributed by atoms with Crippen LogP contribution in [-0.2, 0) is 11.8 Å². The molecule has 10 heteroatoms. The first-order chi connectivity index (χ1) is 16.5. The average Bonchev–Trinajstić information content (AvgIpc) is 3.14. The minimum Gasteiger partial charge on any atom is -0.342 e. The fraction of sp³-hybridized carbons (Fsp3) is 0.360. The second-order valence-corrected chi connectivity index (χ2v) is 10.6. The van der Waals surface area contributed by atoms with Crippen molar-refractivity contribution < 1.29 is 9.59 Å². The zero-order valence-corrected chi connectivity index (χ0v) is 22.7. The van der Waals surface area contributed by atoms with Crippen LogP contribution in [0.25, 0.3) is 0 Å². The molecule has 1 aromatic heterocycles. The van der Waals surface area contributed by atoms with Gasteiger partial charge in [-0.15, -0.1) is 10.2 Å². The molecule has 0 saturated carbocycles. The van der Waals surface area contributed by atoms with Crippen LogP contribution in [0.4, 0.5) is 5.69 Å². The van der Waals surface area contributed by atoms with E-state index in [2.05, 4.69) is 34.7 Å². The van der Waals surface area contributed by atoms with E-state index < -0.39 is 0 Å². The number of nitrogens with one attached hydrogen (secondary N) is 2. The third-order valence-corrected chi connectivity index (χ3v) is 7.06. The maximum atomic E-state index is 12.9. The van der Waals surface area contributed by atoms with E-state index in [0.717, 1.165) is 11.3 Å². The largest absolute Gasteiger partial charge is 0.342 e. The number of hydrogen-bond donors (Lipinski definition) is 2. The number of nitrogens with zero attached hydrogens (tertiary/aromatic N) is 3. The van der Waals surface area contributed by atoms with Gasteiger partial charge in [-0.25, -0.2) is 0 Å². The van der Waals surface area contributed by atoms with Crippen molar-refractivity contribution in [3.63, 3.8) is 0 Å². The number of carbonyl (C=O) groups excluding carboxylic acids is 2. The van der Waals surface area contributed by atoms with Gasteiger partial charge in [-0.1, -0.05) is 54.9 Å². The Morgan fingerprint density at radius 1 is 1.06 bits per heavy atom. The number of halogens is 2. The first kappa shape index (κ1) is 27.0. The molecule has 0 aliphatic heterocycles. The van der Waals surface area contributed by atoms with Gasteiger partial charge < -0.3 is 15.2 Å². The second-order valence-electron chi connectivity index (χ2n) is 8.82. The smallest absolute Gasteiger partial charge is 0.253 e. The highest BCUT2D eigenvalue weighted by Gasteiger charge is 2.24. The number of thioether (sulfide) groups is 1. The Kier molecular flexibility index (Phi) is 9.21. The summed E-state index contributed by atoms with van der Waals surface area (Å²) >= 11 is 13.5. The monoisotopic (exact) mass is 533 g/mol. The Hall–Kier alpha value is -2.55. The highest BCUT2D eigenvalue weighted by atomic mass is 35.5. The van der Waals surface area contributed by atoms with Crippen LogP contribution in [0.5, 0.6) is 0 Å². The highest BCUT2D eigenvalue weighted by molar-refractivity contribution is 7.99. The number of aromatic nitrogens is 3. The molecular formula is C25H29Cl2N5O2S. The molecule has 0 fully saturated rings. The number of anilines is 1. The van der Waals surface area contributed by atoms with E-state index in [1.807, 2.05) is 43.7 Å². The molecule has 35 heavy (non-hydrogen) atoms. The molecular weight excluding hydrogens is 505 g/mol. The minimum atomic E-state index is -0.384. The van der Waals surface area contributed by atoms with E-state index in [1.165, 1.54) is 23.4 Å². The van der Waals surface area contributed by atoms with Crippen molar-refractivity contribution in [2.24, 2.45) is 13.0 Å². The van der Waals surface area contributed by atoms with E-state index in [9.17, 15) is 9.59 Å². The summed E-state index contributed by atoms with van der Waals surface area (Å²) in [5.41, 5.74) is 3.39. The zero-order valence-electron chi connectivity index (χ0n) is 20.4. The molecule has 1 heterocycles. The van der Waals surface area contributed by atoms with Gasteiger partial charge in [0.2, 0.25) is 5.91 Å². The summed E-state index contributed by atoms with van der Waals surface area (Å²) in [6.45, 7) is 8.17. The molecule has 0 spiro atoms. The van der Waals surface area contributed by atoms with Gasteiger partial charge in [0.25, 0.3) is 5.91 Å². The summed E-state index contributed by atoms with van der Waals surface area (Å²) in [5.74, 6) is 0.627. The molecule has 2 aromatic carbocycles. The van der Waals surface area contributed by atoms with E-state index in [-0.39, 0.29) is 34.5 Å². The Balaban J connectivity index is 1.69. The van der Waals surface area contributed by atoms with E-state index >= 15 is 0 Å². The van der Waals surface area contributed by atoms with Crippen molar-refractivity contribution in [3.05, 3.63) is 69.0 Å². The summed E-state index contributed by atoms with van der Waals surface area (Å²) in [4.78, 5) is 25.4. The summed E-state index contributed by atoms with van der Waals surface area (Å²) in [7, 11) is 1.83. The van der Waals surface area contributed by atoms with E-state index in [0.29, 0.717) is 28.0 Å². The van der Waals surface area contributed by atoms with Crippen LogP contribution in [0.3, 0.4) is 0 Å². The first-order valence-corrected chi connectivity index (χ1v) is 12.9. The standard InChI is InChI=1S/C25H29Cl2N5O2S/c1-14(2)10-21(29-24(34)19-9-7-17(26)12-20(19)27)23-30-31-25(32(23)5)35-13-22(33)28-18-8-6-15(3)16(4)11-18/h6-9,11-12,14,21H,10,13H2,1-5H3,(H,28,33)(H,29,34)/t21-/m1/s1. The number of benzene rings is 2. The first-order valence-electron chi connectivity index (χ1n) is 11.2. The van der Waals surface area contributed by atoms with Crippen LogP contribution in [0.2, 0.25) is 10.0 Å². The number of carbonyl (C=O) groups is 2. The summed E-state index contributed by atoms with van der Waals surface area (Å²) in [6, 6.07) is 10.2. The Labute approximate surface area is 220 Å². The van der Waals surface area contributed by atoms with Gasteiger partial charge in [0.05, 0.1) is 22.4 Å². The molecule has 2 amide bonds. The Bertz CT molecular complexity index is 1230. The molecule has 0 radical (unpaired) electrons. The van der Waals surface area contributed by atoms with E-state index in [1.54, 1.807) is 12.1 Å². The van der Waals surface area contributed by atoms with E-state index in [4.69, 9.17) is 23.2 Å². The van der Waals surface area contributed by atoms with Gasteiger partial charge in [-0.2, -0.15) is 0 Å². The minimum absolute atomic E-state index is 0.132. The van der Waals surface area contributed by atoms with Gasteiger partial charge in [-0.3, -0.25) is 9.59 Å². The van der Waals surface area contributed by atoms with Crippen LogP contribution in [0.15, 0.2) is 41.6 Å². The van der Waals surface area contributed by atoms with Crippen LogP contribution in [0, 0.1) is 19.8 Å². The van der Waals surface area contributed by atoms with Crippen LogP contribution < -0.4 is 10.6 Å². The summed E-state index contributed by atoms with van der Waals surface area (Å²) in [5, 5.41) is 15.8. The molecule has 0 saturated heterocycles. The van der Waals surface area contributed by atoms with Gasteiger partial charge in [0, 0.05) is 17.8 Å². The molecule has 186 valence electrons. The van der Waals surface area contributed by atoms with Gasteiger partial charge in [0.1, 0.15) is 0 Å². The lowest BCUT2D eigenvalue weighted by Gasteiger charge is -2.20. The van der Waals surface area contributed by atoms with Crippen molar-refractivity contribution in [1.29, 1.82) is 0 Å². The van der Waals surface area contributed by atoms with Crippen molar-refractivity contribution in [1.82, 2.24) is 20.1 Å². The molecule has 0 aliphatic carbocycles. The Morgan fingerprint density at radius 2 is 1.80 bits per heavy atom. The van der Waals surface area contributed by atoms with Gasteiger partial charge >= 0.3 is 0 Å². The summed E-state index contributed by atoms with van der Waals surface area (Å²) in [6.07, 6.45) is 0.654. The third-order valence-electron chi connectivity index (χ3n) is 5.49. The van der Waals surface area contributed by atoms with Gasteiger partial charge in [0.15, 0.2) is 11.0 Å². The average molecular weight is 535 g/mol. The maximum Gasteiger partial charge on any atom is 0.253 e. The third kappa shape index (κ3) is 7.22. The number of hydrogen-bond acceptors (Lipinski definition) is 5. The second kappa shape index (κ2) is 11.9. The molecule has 3 aromatic rings. The molecule has 3 rings (SSSR count). The molecule has 7 nitrogen and oxygen atoms in total. The van der Waals surface area contributed by atoms with Crippen molar-refractivity contribution in [2.45, 2.75) is 45.3 Å². The SMILES string of the molecule is Cc1ccc(NC(=O)CSc2nnc([C@@H](CC(C)C)NC(=O)c3ccc(Cl)cc3Cl)n2C)cc1C. The zero-order chi connectivity index (χ0) is 25.7. The number of amides is 2. The quantitative estimate of drug-likeness (QED) is 0.330. The molecule has 1 atom stereocenters. The maximum absolute atomic E-state index is 12.9. The lowest BCUT2D eigenvalue weighted by molar-refractivity contribution is -0.113. The van der Waals surface area contributed by atoms with Crippen LogP contribution in [0.1, 0.15) is 53.6 Å². The topological polar surface area (TPSA) is 88.9 Å². The Morgan fingerprint density at radius 3 is 2.46 bits per heavy atom. The lowest BCUT2D eigenvalue weighted by atomic mass is 10.0. The van der Waals surface area contributed by atoms with Gasteiger partial charge in [-0.05, 0) is 67.6 Å². The van der Waals surface area contributed by atoms with Crippen molar-refractivity contribution in [2.75, 3.05) is 11.1 Å². The van der Waals surface area contributed by atoms with Crippen LogP contribution >= 0.6 is 35.0 Å². The molecule has 0 unspecified atom stereocenters. The fourth-order valence-corrected chi connectivity index (χ4v) is 4.72. The molecule has 0 aliphatic rings. The lowest BCUT2D eigenvalue weighted by Crippen LogP contribution is -2.31. The predicted octanol–water partition coefficient (Wildman–Crippen LogP) is 5.99. The normalized spacial score (nSPS) is 12.0. The van der Waals surface area contributed by atoms with Crippen molar-refractivity contribution in [3.8, 4) is 0 Å².